The van der Waals surface area contributed by atoms with Gasteiger partial charge in [0.25, 0.3) is 11.8 Å². The molecule has 0 aliphatic rings. The Morgan fingerprint density at radius 2 is 1.67 bits per heavy atom. The first kappa shape index (κ1) is 20.5. The SMILES string of the molecule is CCOc1ccccc1C(=O)NC(=S)NNC(=O)COc1ccccc1Cl. The van der Waals surface area contributed by atoms with Crippen molar-refractivity contribution in [3.63, 3.8) is 0 Å². The molecule has 0 aliphatic heterocycles. The molecule has 0 saturated heterocycles. The number of thiocarbonyl (C=S) groups is 1. The lowest BCUT2D eigenvalue weighted by atomic mass is 10.2. The molecule has 0 radical (unpaired) electrons. The van der Waals surface area contributed by atoms with Crippen molar-refractivity contribution < 1.29 is 19.1 Å². The molecule has 142 valence electrons. The van der Waals surface area contributed by atoms with E-state index < -0.39 is 11.8 Å². The molecule has 0 fully saturated rings. The average molecular weight is 408 g/mol. The van der Waals surface area contributed by atoms with Crippen molar-refractivity contribution in [1.29, 1.82) is 0 Å². The van der Waals surface area contributed by atoms with Gasteiger partial charge >= 0.3 is 0 Å². The number of carbonyl (C=O) groups excluding carboxylic acids is 2. The molecule has 0 aromatic heterocycles. The van der Waals surface area contributed by atoms with Crippen LogP contribution in [0.2, 0.25) is 5.02 Å². The van der Waals surface area contributed by atoms with Crippen LogP contribution in [0.25, 0.3) is 0 Å². The summed E-state index contributed by atoms with van der Waals surface area (Å²) in [6.45, 7) is 1.97. The lowest BCUT2D eigenvalue weighted by Crippen LogP contribution is -2.49. The van der Waals surface area contributed by atoms with Crippen LogP contribution in [0.1, 0.15) is 17.3 Å². The second-order valence-electron chi connectivity index (χ2n) is 5.10. The van der Waals surface area contributed by atoms with Gasteiger partial charge in [-0.3, -0.25) is 25.8 Å². The van der Waals surface area contributed by atoms with Gasteiger partial charge in [-0.05, 0) is 43.4 Å². The van der Waals surface area contributed by atoms with Crippen molar-refractivity contribution in [3.05, 3.63) is 59.1 Å². The summed E-state index contributed by atoms with van der Waals surface area (Å²) in [5.41, 5.74) is 5.09. The van der Waals surface area contributed by atoms with Gasteiger partial charge in [0, 0.05) is 0 Å². The molecule has 27 heavy (non-hydrogen) atoms. The first-order valence-corrected chi connectivity index (χ1v) is 8.79. The number of carbonyl (C=O) groups is 2. The zero-order valence-corrected chi connectivity index (χ0v) is 16.0. The van der Waals surface area contributed by atoms with Crippen molar-refractivity contribution in [1.82, 2.24) is 16.2 Å². The van der Waals surface area contributed by atoms with E-state index in [0.717, 1.165) is 0 Å². The summed E-state index contributed by atoms with van der Waals surface area (Å²) in [4.78, 5) is 24.1. The number of ether oxygens (including phenoxy) is 2. The van der Waals surface area contributed by atoms with Crippen molar-refractivity contribution in [3.8, 4) is 11.5 Å². The van der Waals surface area contributed by atoms with Gasteiger partial charge in [0.05, 0.1) is 17.2 Å². The second kappa shape index (κ2) is 10.3. The van der Waals surface area contributed by atoms with Crippen LogP contribution >= 0.6 is 23.8 Å². The maximum absolute atomic E-state index is 12.3. The summed E-state index contributed by atoms with van der Waals surface area (Å²) < 4.78 is 10.7. The van der Waals surface area contributed by atoms with Crippen LogP contribution in [-0.4, -0.2) is 30.1 Å². The number of nitrogens with one attached hydrogen (secondary N) is 3. The van der Waals surface area contributed by atoms with E-state index in [1.807, 2.05) is 6.92 Å². The molecule has 2 amide bonds. The van der Waals surface area contributed by atoms with Crippen LogP contribution in [-0.2, 0) is 4.79 Å². The highest BCUT2D eigenvalue weighted by Gasteiger charge is 2.13. The van der Waals surface area contributed by atoms with E-state index in [-0.39, 0.29) is 11.7 Å². The van der Waals surface area contributed by atoms with E-state index in [2.05, 4.69) is 16.2 Å². The smallest absolute Gasteiger partial charge is 0.276 e. The zero-order chi connectivity index (χ0) is 19.6. The molecule has 2 aromatic carbocycles. The Morgan fingerprint density at radius 3 is 2.37 bits per heavy atom. The minimum absolute atomic E-state index is 0.0719. The molecule has 0 atom stereocenters. The Morgan fingerprint density at radius 1 is 1.00 bits per heavy atom. The summed E-state index contributed by atoms with van der Waals surface area (Å²) in [7, 11) is 0. The monoisotopic (exact) mass is 407 g/mol. The molecule has 0 bridgehead atoms. The Hall–Kier alpha value is -2.84. The van der Waals surface area contributed by atoms with Crippen LogP contribution in [0.3, 0.4) is 0 Å². The van der Waals surface area contributed by atoms with Crippen molar-refractivity contribution in [2.75, 3.05) is 13.2 Å². The lowest BCUT2D eigenvalue weighted by Gasteiger charge is -2.13. The van der Waals surface area contributed by atoms with Crippen LogP contribution in [0.5, 0.6) is 11.5 Å². The van der Waals surface area contributed by atoms with Crippen molar-refractivity contribution in [2.45, 2.75) is 6.92 Å². The number of para-hydroxylation sites is 2. The first-order valence-electron chi connectivity index (χ1n) is 8.00. The van der Waals surface area contributed by atoms with Gasteiger partial charge in [-0.25, -0.2) is 0 Å². The predicted molar refractivity (Wildman–Crippen MR) is 106 cm³/mol. The molecule has 0 spiro atoms. The Kier molecular flexibility index (Phi) is 7.84. The van der Waals surface area contributed by atoms with E-state index in [4.69, 9.17) is 33.3 Å². The third kappa shape index (κ3) is 6.43. The Balaban J connectivity index is 1.79. The maximum atomic E-state index is 12.3. The molecular weight excluding hydrogens is 390 g/mol. The molecule has 3 N–H and O–H groups in total. The van der Waals surface area contributed by atoms with Crippen molar-refractivity contribution >= 4 is 40.7 Å². The van der Waals surface area contributed by atoms with Crippen LogP contribution in [0.15, 0.2) is 48.5 Å². The molecule has 0 saturated carbocycles. The van der Waals surface area contributed by atoms with Gasteiger partial charge in [0.15, 0.2) is 11.7 Å². The molecule has 0 aliphatic carbocycles. The molecule has 2 rings (SSSR count). The Labute approximate surface area is 167 Å². The normalized spacial score (nSPS) is 9.85. The highest BCUT2D eigenvalue weighted by atomic mass is 35.5. The summed E-state index contributed by atoms with van der Waals surface area (Å²) in [5.74, 6) is -0.130. The number of benzene rings is 2. The quantitative estimate of drug-likeness (QED) is 0.503. The standard InChI is InChI=1S/C18H18ClN3O4S/c1-2-25-14-9-5-3-7-12(14)17(24)20-18(27)22-21-16(23)11-26-15-10-6-4-8-13(15)19/h3-10H,2,11H2,1H3,(H,21,23)(H2,20,22,24,27). The number of rotatable bonds is 6. The fraction of sp³-hybridized carbons (Fsp3) is 0.167. The third-order valence-corrected chi connectivity index (χ3v) is 3.69. The predicted octanol–water partition coefficient (Wildman–Crippen LogP) is 2.45. The molecule has 0 heterocycles. The number of hydrogen-bond donors (Lipinski definition) is 3. The summed E-state index contributed by atoms with van der Waals surface area (Å²) in [5, 5.41) is 2.78. The van der Waals surface area contributed by atoms with E-state index in [1.54, 1.807) is 48.5 Å². The van der Waals surface area contributed by atoms with E-state index in [9.17, 15) is 9.59 Å². The molecule has 0 unspecified atom stereocenters. The van der Waals surface area contributed by atoms with Crippen LogP contribution in [0.4, 0.5) is 0 Å². The minimum Gasteiger partial charge on any atom is -0.493 e. The minimum atomic E-state index is -0.499. The van der Waals surface area contributed by atoms with Gasteiger partial charge in [-0.2, -0.15) is 0 Å². The van der Waals surface area contributed by atoms with Crippen LogP contribution in [0, 0.1) is 0 Å². The van der Waals surface area contributed by atoms with Gasteiger partial charge < -0.3 is 9.47 Å². The lowest BCUT2D eigenvalue weighted by molar-refractivity contribution is -0.123. The summed E-state index contributed by atoms with van der Waals surface area (Å²) >= 11 is 10.9. The molecular formula is C18H18ClN3O4S. The first-order chi connectivity index (χ1) is 13.0. The van der Waals surface area contributed by atoms with E-state index >= 15 is 0 Å². The summed E-state index contributed by atoms with van der Waals surface area (Å²) in [6, 6.07) is 13.5. The number of halogens is 1. The molecule has 9 heteroatoms. The van der Waals surface area contributed by atoms with Gasteiger partial charge in [0.1, 0.15) is 11.5 Å². The maximum Gasteiger partial charge on any atom is 0.276 e. The van der Waals surface area contributed by atoms with Crippen LogP contribution < -0.4 is 25.6 Å². The zero-order valence-electron chi connectivity index (χ0n) is 14.5. The topological polar surface area (TPSA) is 88.7 Å². The second-order valence-corrected chi connectivity index (χ2v) is 5.92. The third-order valence-electron chi connectivity index (χ3n) is 3.17. The highest BCUT2D eigenvalue weighted by Crippen LogP contribution is 2.22. The van der Waals surface area contributed by atoms with Gasteiger partial charge in [-0.1, -0.05) is 35.9 Å². The largest absolute Gasteiger partial charge is 0.493 e. The fourth-order valence-electron chi connectivity index (χ4n) is 2.00. The van der Waals surface area contributed by atoms with E-state index in [1.165, 1.54) is 0 Å². The fourth-order valence-corrected chi connectivity index (χ4v) is 2.34. The number of amides is 2. The molecule has 7 nitrogen and oxygen atoms in total. The van der Waals surface area contributed by atoms with Gasteiger partial charge in [-0.15, -0.1) is 0 Å². The summed E-state index contributed by atoms with van der Waals surface area (Å²) in [6.07, 6.45) is 0. The van der Waals surface area contributed by atoms with Crippen molar-refractivity contribution in [2.24, 2.45) is 0 Å². The highest BCUT2D eigenvalue weighted by molar-refractivity contribution is 7.80. The van der Waals surface area contributed by atoms with Gasteiger partial charge in [0.2, 0.25) is 0 Å². The van der Waals surface area contributed by atoms with E-state index in [0.29, 0.717) is 28.7 Å². The average Bonchev–Trinajstić information content (AvgIpc) is 2.66. The molecule has 2 aromatic rings. The Bertz CT molecular complexity index is 832. The number of hydrazine groups is 1. The number of hydrogen-bond acceptors (Lipinski definition) is 5.